The SMILES string of the molecule is Cc1ccc(Nc2ncnc(N3CCCCC3C)c2N)cc1. The van der Waals surface area contributed by atoms with Gasteiger partial charge in [0, 0.05) is 18.3 Å². The van der Waals surface area contributed by atoms with Gasteiger partial charge in [-0.05, 0) is 45.2 Å². The summed E-state index contributed by atoms with van der Waals surface area (Å²) in [5.41, 5.74) is 9.15. The van der Waals surface area contributed by atoms with Gasteiger partial charge in [0.15, 0.2) is 11.6 Å². The number of anilines is 4. The molecule has 0 bridgehead atoms. The molecule has 3 N–H and O–H groups in total. The molecule has 2 heterocycles. The molecule has 0 amide bonds. The Morgan fingerprint density at radius 2 is 1.95 bits per heavy atom. The van der Waals surface area contributed by atoms with E-state index in [-0.39, 0.29) is 0 Å². The number of hydrogen-bond acceptors (Lipinski definition) is 5. The van der Waals surface area contributed by atoms with E-state index in [1.807, 2.05) is 12.1 Å². The standard InChI is InChI=1S/C17H23N5/c1-12-6-8-14(9-7-12)21-16-15(18)17(20-11-19-16)22-10-4-3-5-13(22)2/h6-9,11,13H,3-5,10,18H2,1-2H3,(H,19,20,21). The number of nitrogen functional groups attached to an aromatic ring is 1. The van der Waals surface area contributed by atoms with Crippen LogP contribution in [0, 0.1) is 6.92 Å². The van der Waals surface area contributed by atoms with Gasteiger partial charge in [0.2, 0.25) is 0 Å². The molecule has 1 aliphatic heterocycles. The molecule has 0 spiro atoms. The number of aryl methyl sites for hydroxylation is 1. The molecule has 1 atom stereocenters. The van der Waals surface area contributed by atoms with Gasteiger partial charge in [0.1, 0.15) is 12.0 Å². The molecule has 0 saturated carbocycles. The van der Waals surface area contributed by atoms with Crippen LogP contribution >= 0.6 is 0 Å². The number of hydrogen-bond donors (Lipinski definition) is 2. The minimum atomic E-state index is 0.471. The lowest BCUT2D eigenvalue weighted by Crippen LogP contribution is -2.38. The summed E-state index contributed by atoms with van der Waals surface area (Å²) >= 11 is 0. The van der Waals surface area contributed by atoms with E-state index in [9.17, 15) is 0 Å². The Labute approximate surface area is 131 Å². The second kappa shape index (κ2) is 6.22. The van der Waals surface area contributed by atoms with Gasteiger partial charge < -0.3 is 16.0 Å². The summed E-state index contributed by atoms with van der Waals surface area (Å²) in [6, 6.07) is 8.65. The van der Waals surface area contributed by atoms with Crippen LogP contribution < -0.4 is 16.0 Å². The van der Waals surface area contributed by atoms with Crippen LogP contribution in [-0.4, -0.2) is 22.6 Å². The highest BCUT2D eigenvalue weighted by Crippen LogP contribution is 2.32. The number of nitrogens with zero attached hydrogens (tertiary/aromatic N) is 3. The fraction of sp³-hybridized carbons (Fsp3) is 0.412. The Hall–Kier alpha value is -2.30. The average Bonchev–Trinajstić information content (AvgIpc) is 2.52. The van der Waals surface area contributed by atoms with Crippen LogP contribution in [0.3, 0.4) is 0 Å². The van der Waals surface area contributed by atoms with Crippen molar-refractivity contribution in [2.75, 3.05) is 22.5 Å². The third-order valence-electron chi connectivity index (χ3n) is 4.25. The Morgan fingerprint density at radius 1 is 1.18 bits per heavy atom. The van der Waals surface area contributed by atoms with Crippen molar-refractivity contribution < 1.29 is 0 Å². The number of piperidine rings is 1. The number of aromatic nitrogens is 2. The topological polar surface area (TPSA) is 67.1 Å². The molecule has 3 rings (SSSR count). The molecule has 116 valence electrons. The summed E-state index contributed by atoms with van der Waals surface area (Å²) in [6.45, 7) is 5.30. The van der Waals surface area contributed by atoms with Gasteiger partial charge in [-0.2, -0.15) is 0 Å². The first-order chi connectivity index (χ1) is 10.6. The number of rotatable bonds is 3. The molecule has 5 heteroatoms. The van der Waals surface area contributed by atoms with E-state index in [1.165, 1.54) is 24.8 Å². The van der Waals surface area contributed by atoms with Crippen LogP contribution in [0.5, 0.6) is 0 Å². The maximum atomic E-state index is 6.32. The second-order valence-electron chi connectivity index (χ2n) is 5.99. The highest BCUT2D eigenvalue weighted by Gasteiger charge is 2.22. The van der Waals surface area contributed by atoms with Crippen molar-refractivity contribution in [3.63, 3.8) is 0 Å². The van der Waals surface area contributed by atoms with Gasteiger partial charge in [0.05, 0.1) is 0 Å². The fourth-order valence-electron chi connectivity index (χ4n) is 2.90. The molecule has 0 radical (unpaired) electrons. The van der Waals surface area contributed by atoms with Gasteiger partial charge in [-0.15, -0.1) is 0 Å². The average molecular weight is 297 g/mol. The predicted octanol–water partition coefficient (Wildman–Crippen LogP) is 3.49. The van der Waals surface area contributed by atoms with E-state index < -0.39 is 0 Å². The van der Waals surface area contributed by atoms with Gasteiger partial charge in [-0.3, -0.25) is 0 Å². The van der Waals surface area contributed by atoms with Crippen molar-refractivity contribution in [3.8, 4) is 0 Å². The van der Waals surface area contributed by atoms with Crippen LogP contribution in [0.2, 0.25) is 0 Å². The summed E-state index contributed by atoms with van der Waals surface area (Å²) in [7, 11) is 0. The molecule has 1 unspecified atom stereocenters. The molecule has 0 aliphatic carbocycles. The van der Waals surface area contributed by atoms with Crippen LogP contribution in [-0.2, 0) is 0 Å². The number of nitrogens with two attached hydrogens (primary N) is 1. The summed E-state index contributed by atoms with van der Waals surface area (Å²) in [5.74, 6) is 1.52. The lowest BCUT2D eigenvalue weighted by molar-refractivity contribution is 0.481. The maximum absolute atomic E-state index is 6.32. The molecular weight excluding hydrogens is 274 g/mol. The Bertz CT molecular complexity index is 638. The maximum Gasteiger partial charge on any atom is 0.159 e. The molecule has 2 aromatic rings. The van der Waals surface area contributed by atoms with Gasteiger partial charge >= 0.3 is 0 Å². The molecule has 1 aromatic carbocycles. The van der Waals surface area contributed by atoms with E-state index in [0.29, 0.717) is 17.5 Å². The molecule has 5 nitrogen and oxygen atoms in total. The molecule has 1 fully saturated rings. The summed E-state index contributed by atoms with van der Waals surface area (Å²) < 4.78 is 0. The van der Waals surface area contributed by atoms with Crippen molar-refractivity contribution >= 4 is 23.0 Å². The smallest absolute Gasteiger partial charge is 0.159 e. The van der Waals surface area contributed by atoms with E-state index in [0.717, 1.165) is 18.1 Å². The zero-order valence-electron chi connectivity index (χ0n) is 13.2. The van der Waals surface area contributed by atoms with Crippen LogP contribution in [0.25, 0.3) is 0 Å². The Morgan fingerprint density at radius 3 is 2.68 bits per heavy atom. The Kier molecular flexibility index (Phi) is 4.13. The van der Waals surface area contributed by atoms with E-state index in [2.05, 4.69) is 46.2 Å². The van der Waals surface area contributed by atoms with Crippen LogP contribution in [0.4, 0.5) is 23.0 Å². The van der Waals surface area contributed by atoms with Gasteiger partial charge in [-0.25, -0.2) is 9.97 Å². The first kappa shape index (κ1) is 14.6. The summed E-state index contributed by atoms with van der Waals surface area (Å²) in [6.07, 6.45) is 5.24. The van der Waals surface area contributed by atoms with Crippen LogP contribution in [0.15, 0.2) is 30.6 Å². The number of benzene rings is 1. The first-order valence-corrected chi connectivity index (χ1v) is 7.86. The summed E-state index contributed by atoms with van der Waals surface area (Å²) in [5, 5.41) is 3.29. The molecule has 1 saturated heterocycles. The second-order valence-corrected chi connectivity index (χ2v) is 5.99. The minimum Gasteiger partial charge on any atom is -0.393 e. The third kappa shape index (κ3) is 2.98. The van der Waals surface area contributed by atoms with Gasteiger partial charge in [-0.1, -0.05) is 17.7 Å². The van der Waals surface area contributed by atoms with Crippen molar-refractivity contribution in [2.45, 2.75) is 39.2 Å². The lowest BCUT2D eigenvalue weighted by atomic mass is 10.0. The fourth-order valence-corrected chi connectivity index (χ4v) is 2.90. The quantitative estimate of drug-likeness (QED) is 0.907. The molecule has 1 aromatic heterocycles. The normalized spacial score (nSPS) is 18.3. The molecule has 22 heavy (non-hydrogen) atoms. The summed E-state index contributed by atoms with van der Waals surface area (Å²) in [4.78, 5) is 11.0. The first-order valence-electron chi connectivity index (χ1n) is 7.86. The molecule has 1 aliphatic rings. The minimum absolute atomic E-state index is 0.471. The largest absolute Gasteiger partial charge is 0.393 e. The zero-order valence-corrected chi connectivity index (χ0v) is 13.2. The zero-order chi connectivity index (χ0) is 15.5. The van der Waals surface area contributed by atoms with E-state index in [4.69, 9.17) is 5.73 Å². The van der Waals surface area contributed by atoms with Crippen molar-refractivity contribution in [3.05, 3.63) is 36.2 Å². The monoisotopic (exact) mass is 297 g/mol. The van der Waals surface area contributed by atoms with Crippen LogP contribution in [0.1, 0.15) is 31.7 Å². The number of nitrogens with one attached hydrogen (secondary N) is 1. The highest BCUT2D eigenvalue weighted by molar-refractivity contribution is 5.78. The van der Waals surface area contributed by atoms with Crippen molar-refractivity contribution in [2.24, 2.45) is 0 Å². The third-order valence-corrected chi connectivity index (χ3v) is 4.25. The predicted molar refractivity (Wildman–Crippen MR) is 91.6 cm³/mol. The van der Waals surface area contributed by atoms with Gasteiger partial charge in [0.25, 0.3) is 0 Å². The lowest BCUT2D eigenvalue weighted by Gasteiger charge is -2.35. The van der Waals surface area contributed by atoms with Crippen molar-refractivity contribution in [1.82, 2.24) is 9.97 Å². The van der Waals surface area contributed by atoms with E-state index >= 15 is 0 Å². The van der Waals surface area contributed by atoms with E-state index in [1.54, 1.807) is 6.33 Å². The molecular formula is C17H23N5. The highest BCUT2D eigenvalue weighted by atomic mass is 15.2. The van der Waals surface area contributed by atoms with Crippen molar-refractivity contribution in [1.29, 1.82) is 0 Å². The Balaban J connectivity index is 1.86.